The van der Waals surface area contributed by atoms with Crippen LogP contribution in [0.25, 0.3) is 0 Å². The first kappa shape index (κ1) is 9.79. The van der Waals surface area contributed by atoms with Gasteiger partial charge in [0.2, 0.25) is 0 Å². The van der Waals surface area contributed by atoms with Gasteiger partial charge in [-0.25, -0.2) is 0 Å². The van der Waals surface area contributed by atoms with E-state index in [1.807, 2.05) is 0 Å². The van der Waals surface area contributed by atoms with Gasteiger partial charge in [-0.3, -0.25) is 0 Å². The summed E-state index contributed by atoms with van der Waals surface area (Å²) in [6, 6.07) is 0. The fraction of sp³-hybridized carbons (Fsp3) is 1.00. The normalized spacial score (nSPS) is 34.4. The summed E-state index contributed by atoms with van der Waals surface area (Å²) in [5.41, 5.74) is 0.182. The molecule has 0 radical (unpaired) electrons. The third-order valence-electron chi connectivity index (χ3n) is 3.45. The molecule has 0 aromatic carbocycles. The van der Waals surface area contributed by atoms with Gasteiger partial charge in [0.1, 0.15) is 0 Å². The van der Waals surface area contributed by atoms with Crippen LogP contribution in [0.15, 0.2) is 0 Å². The quantitative estimate of drug-likeness (QED) is 0.547. The lowest BCUT2D eigenvalue weighted by Gasteiger charge is -2.38. The highest BCUT2D eigenvalue weighted by Gasteiger charge is 2.36. The van der Waals surface area contributed by atoms with Gasteiger partial charge in [0, 0.05) is 12.0 Å². The molecule has 76 valence electrons. The Labute approximate surface area is 85.8 Å². The van der Waals surface area contributed by atoms with Gasteiger partial charge in [-0.05, 0) is 25.7 Å². The van der Waals surface area contributed by atoms with Crippen molar-refractivity contribution >= 4 is 11.6 Å². The molecule has 1 nitrogen and oxygen atoms in total. The van der Waals surface area contributed by atoms with Crippen molar-refractivity contribution in [2.45, 2.75) is 62.3 Å². The SMILES string of the molecule is ClC1CCOC2(CCCCCC2)C1. The predicted molar refractivity (Wildman–Crippen MR) is 55.3 cm³/mol. The molecule has 0 bridgehead atoms. The Hall–Kier alpha value is 0.250. The lowest BCUT2D eigenvalue weighted by atomic mass is 9.86. The molecule has 1 spiro atoms. The third-order valence-corrected chi connectivity index (χ3v) is 3.82. The fourth-order valence-corrected chi connectivity index (χ4v) is 3.06. The first-order valence-corrected chi connectivity index (χ1v) is 6.02. The summed E-state index contributed by atoms with van der Waals surface area (Å²) in [4.78, 5) is 0. The van der Waals surface area contributed by atoms with Crippen LogP contribution >= 0.6 is 11.6 Å². The Balaban J connectivity index is 1.99. The van der Waals surface area contributed by atoms with Crippen LogP contribution in [0, 0.1) is 0 Å². The molecule has 0 aromatic rings. The minimum absolute atomic E-state index is 0.182. The van der Waals surface area contributed by atoms with Crippen molar-refractivity contribution in [2.24, 2.45) is 0 Å². The second-order valence-corrected chi connectivity index (χ2v) is 5.15. The standard InChI is InChI=1S/C11H19ClO/c12-10-5-8-13-11(9-10)6-3-1-2-4-7-11/h10H,1-9H2. The van der Waals surface area contributed by atoms with Crippen LogP contribution in [-0.4, -0.2) is 17.6 Å². The maximum Gasteiger partial charge on any atom is 0.0696 e. The van der Waals surface area contributed by atoms with E-state index in [0.29, 0.717) is 5.38 Å². The van der Waals surface area contributed by atoms with E-state index in [1.165, 1.54) is 38.5 Å². The predicted octanol–water partition coefficient (Wildman–Crippen LogP) is 3.50. The van der Waals surface area contributed by atoms with E-state index in [0.717, 1.165) is 19.4 Å². The Bertz CT molecular complexity index is 161. The molecule has 1 saturated carbocycles. The van der Waals surface area contributed by atoms with Crippen molar-refractivity contribution in [1.29, 1.82) is 0 Å². The molecule has 1 unspecified atom stereocenters. The zero-order valence-corrected chi connectivity index (χ0v) is 8.98. The highest BCUT2D eigenvalue weighted by molar-refractivity contribution is 6.20. The van der Waals surface area contributed by atoms with Crippen molar-refractivity contribution in [3.05, 3.63) is 0 Å². The summed E-state index contributed by atoms with van der Waals surface area (Å²) < 4.78 is 5.97. The topological polar surface area (TPSA) is 9.23 Å². The van der Waals surface area contributed by atoms with E-state index in [-0.39, 0.29) is 5.60 Å². The molecule has 2 fully saturated rings. The summed E-state index contributed by atoms with van der Waals surface area (Å²) >= 11 is 6.21. The molecule has 0 aromatic heterocycles. The van der Waals surface area contributed by atoms with Crippen LogP contribution in [0.2, 0.25) is 0 Å². The van der Waals surface area contributed by atoms with Gasteiger partial charge in [-0.15, -0.1) is 11.6 Å². The van der Waals surface area contributed by atoms with E-state index < -0.39 is 0 Å². The molecule has 0 N–H and O–H groups in total. The summed E-state index contributed by atoms with van der Waals surface area (Å²) in [5, 5.41) is 0.367. The van der Waals surface area contributed by atoms with Crippen molar-refractivity contribution in [3.8, 4) is 0 Å². The summed E-state index contributed by atoms with van der Waals surface area (Å²) in [5.74, 6) is 0. The lowest BCUT2D eigenvalue weighted by molar-refractivity contribution is -0.0856. The molecule has 1 atom stereocenters. The number of alkyl halides is 1. The van der Waals surface area contributed by atoms with Crippen molar-refractivity contribution in [1.82, 2.24) is 0 Å². The Morgan fingerprint density at radius 1 is 1.08 bits per heavy atom. The highest BCUT2D eigenvalue weighted by atomic mass is 35.5. The molecule has 2 aliphatic rings. The molecular weight excluding hydrogens is 184 g/mol. The molecular formula is C11H19ClO. The Morgan fingerprint density at radius 2 is 1.77 bits per heavy atom. The second-order valence-electron chi connectivity index (χ2n) is 4.54. The third kappa shape index (κ3) is 2.38. The minimum atomic E-state index is 0.182. The van der Waals surface area contributed by atoms with E-state index in [2.05, 4.69) is 0 Å². The first-order chi connectivity index (χ1) is 6.31. The van der Waals surface area contributed by atoms with Crippen molar-refractivity contribution < 1.29 is 4.74 Å². The zero-order valence-electron chi connectivity index (χ0n) is 8.23. The molecule has 0 amide bonds. The number of hydrogen-bond donors (Lipinski definition) is 0. The maximum atomic E-state index is 6.21. The summed E-state index contributed by atoms with van der Waals surface area (Å²) in [6.45, 7) is 0.883. The molecule has 1 heterocycles. The monoisotopic (exact) mass is 202 g/mol. The molecule has 2 heteroatoms. The van der Waals surface area contributed by atoms with Gasteiger partial charge in [-0.1, -0.05) is 25.7 Å². The van der Waals surface area contributed by atoms with Crippen LogP contribution in [0.5, 0.6) is 0 Å². The fourth-order valence-electron chi connectivity index (χ4n) is 2.69. The molecule has 1 aliphatic carbocycles. The first-order valence-electron chi connectivity index (χ1n) is 5.59. The number of rotatable bonds is 0. The van der Waals surface area contributed by atoms with Gasteiger partial charge in [-0.2, -0.15) is 0 Å². The molecule has 2 rings (SSSR count). The highest BCUT2D eigenvalue weighted by Crippen LogP contribution is 2.38. The maximum absolute atomic E-state index is 6.21. The van der Waals surface area contributed by atoms with E-state index >= 15 is 0 Å². The van der Waals surface area contributed by atoms with Crippen molar-refractivity contribution in [2.75, 3.05) is 6.61 Å². The smallest absolute Gasteiger partial charge is 0.0696 e. The largest absolute Gasteiger partial charge is 0.375 e. The second kappa shape index (κ2) is 4.18. The van der Waals surface area contributed by atoms with E-state index in [9.17, 15) is 0 Å². The van der Waals surface area contributed by atoms with Gasteiger partial charge in [0.15, 0.2) is 0 Å². The number of hydrogen-bond acceptors (Lipinski definition) is 1. The summed E-state index contributed by atoms with van der Waals surface area (Å²) in [6.07, 6.45) is 10.1. The van der Waals surface area contributed by atoms with Crippen LogP contribution in [0.4, 0.5) is 0 Å². The number of halogens is 1. The van der Waals surface area contributed by atoms with Crippen molar-refractivity contribution in [3.63, 3.8) is 0 Å². The van der Waals surface area contributed by atoms with Gasteiger partial charge >= 0.3 is 0 Å². The average Bonchev–Trinajstić information content (AvgIpc) is 2.31. The zero-order chi connectivity index (χ0) is 9.15. The minimum Gasteiger partial charge on any atom is -0.375 e. The molecule has 13 heavy (non-hydrogen) atoms. The Kier molecular flexibility index (Phi) is 3.15. The molecule has 1 saturated heterocycles. The van der Waals surface area contributed by atoms with Crippen LogP contribution < -0.4 is 0 Å². The average molecular weight is 203 g/mol. The molecule has 1 aliphatic heterocycles. The van der Waals surface area contributed by atoms with E-state index in [1.54, 1.807) is 0 Å². The van der Waals surface area contributed by atoms with E-state index in [4.69, 9.17) is 16.3 Å². The van der Waals surface area contributed by atoms with Gasteiger partial charge < -0.3 is 4.74 Å². The van der Waals surface area contributed by atoms with Gasteiger partial charge in [0.25, 0.3) is 0 Å². The summed E-state index contributed by atoms with van der Waals surface area (Å²) in [7, 11) is 0. The number of ether oxygens (including phenoxy) is 1. The Morgan fingerprint density at radius 3 is 2.38 bits per heavy atom. The lowest BCUT2D eigenvalue weighted by Crippen LogP contribution is -2.39. The van der Waals surface area contributed by atoms with Crippen LogP contribution in [0.1, 0.15) is 51.4 Å². The van der Waals surface area contributed by atoms with Crippen LogP contribution in [-0.2, 0) is 4.74 Å². The van der Waals surface area contributed by atoms with Crippen LogP contribution in [0.3, 0.4) is 0 Å². The van der Waals surface area contributed by atoms with Gasteiger partial charge in [0.05, 0.1) is 5.60 Å².